The molecule has 198 valence electrons. The van der Waals surface area contributed by atoms with Crippen molar-refractivity contribution in [1.82, 2.24) is 15.1 Å². The molecule has 1 heterocycles. The van der Waals surface area contributed by atoms with E-state index in [2.05, 4.69) is 31.4 Å². The van der Waals surface area contributed by atoms with Crippen LogP contribution in [0.2, 0.25) is 0 Å². The van der Waals surface area contributed by atoms with Gasteiger partial charge in [0, 0.05) is 7.05 Å². The van der Waals surface area contributed by atoms with Gasteiger partial charge >= 0.3 is 12.2 Å². The maximum absolute atomic E-state index is 13.2. The Morgan fingerprint density at radius 3 is 2.36 bits per heavy atom. The van der Waals surface area contributed by atoms with Crippen LogP contribution in [0.3, 0.4) is 0 Å². The number of likely N-dealkylation sites (N-methyl/N-ethyl adjacent to an activating group) is 1. The van der Waals surface area contributed by atoms with Gasteiger partial charge in [0.1, 0.15) is 12.1 Å². The van der Waals surface area contributed by atoms with E-state index in [0.29, 0.717) is 18.8 Å². The fourth-order valence-electron chi connectivity index (χ4n) is 4.93. The molecule has 1 aromatic rings. The summed E-state index contributed by atoms with van der Waals surface area (Å²) in [5.41, 5.74) is -2.32. The molecule has 1 saturated carbocycles. The molecule has 1 saturated heterocycles. The largest absolute Gasteiger partial charge is 0.418 e. The lowest BCUT2D eigenvalue weighted by Gasteiger charge is -2.42. The number of para-hydroxylation sites is 1. The number of halogens is 3. The first-order valence-electron chi connectivity index (χ1n) is 12.0. The van der Waals surface area contributed by atoms with Crippen LogP contribution in [0.25, 0.3) is 0 Å². The predicted octanol–water partition coefficient (Wildman–Crippen LogP) is 4.02. The van der Waals surface area contributed by atoms with Gasteiger partial charge < -0.3 is 15.5 Å². The summed E-state index contributed by atoms with van der Waals surface area (Å²) in [5, 5.41) is 4.95. The van der Waals surface area contributed by atoms with E-state index in [1.54, 1.807) is 0 Å². The first-order valence-corrected chi connectivity index (χ1v) is 12.0. The molecular weight excluding hydrogens is 477 g/mol. The minimum atomic E-state index is -4.66. The molecule has 2 N–H and O–H groups in total. The average Bonchev–Trinajstić information content (AvgIpc) is 3.02. The van der Waals surface area contributed by atoms with Crippen LogP contribution in [0.4, 0.5) is 23.7 Å². The molecule has 3 rings (SSSR count). The summed E-state index contributed by atoms with van der Waals surface area (Å²) in [6.07, 6.45) is -1.09. The second-order valence-electron chi connectivity index (χ2n) is 10.4. The lowest BCUT2D eigenvalue weighted by molar-refractivity contribution is -0.140. The molecule has 0 radical (unpaired) electrons. The van der Waals surface area contributed by atoms with Crippen LogP contribution >= 0.6 is 0 Å². The highest BCUT2D eigenvalue weighted by Gasteiger charge is 2.53. The first-order chi connectivity index (χ1) is 16.7. The summed E-state index contributed by atoms with van der Waals surface area (Å²) < 4.78 is 39.4. The smallest absolute Gasteiger partial charge is 0.335 e. The van der Waals surface area contributed by atoms with E-state index >= 15 is 0 Å². The third-order valence-corrected chi connectivity index (χ3v) is 7.71. The Bertz CT molecular complexity index is 1030. The van der Waals surface area contributed by atoms with Crippen LogP contribution in [-0.2, 0) is 20.6 Å². The number of carbonyl (C=O) groups excluding carboxylic acids is 4. The number of amides is 5. The van der Waals surface area contributed by atoms with Gasteiger partial charge in [-0.1, -0.05) is 39.3 Å². The van der Waals surface area contributed by atoms with Gasteiger partial charge in [0.25, 0.3) is 5.91 Å². The molecule has 1 aromatic carbocycles. The van der Waals surface area contributed by atoms with E-state index in [4.69, 9.17) is 0 Å². The molecule has 11 heteroatoms. The Morgan fingerprint density at radius 2 is 1.78 bits per heavy atom. The molecule has 1 spiro atoms. The van der Waals surface area contributed by atoms with E-state index < -0.39 is 59.8 Å². The standard InChI is InChI=1S/C25H33F3N4O4/c1-5-23(2,3)16-10-12-24(13-11-16)21(35)32(22(36)30-24)15-20(34)31(4)14-19(33)29-18-9-7-6-8-17(18)25(26,27)28/h6-9,16H,5,10-15H2,1-4H3,(H,29,33)(H,30,36). The van der Waals surface area contributed by atoms with E-state index in [-0.39, 0.29) is 5.41 Å². The summed E-state index contributed by atoms with van der Waals surface area (Å²) in [7, 11) is 1.28. The number of hydrogen-bond acceptors (Lipinski definition) is 4. The fourth-order valence-corrected chi connectivity index (χ4v) is 4.93. The third-order valence-electron chi connectivity index (χ3n) is 7.71. The second-order valence-corrected chi connectivity index (χ2v) is 10.4. The number of nitrogens with zero attached hydrogens (tertiary/aromatic N) is 2. The summed E-state index contributed by atoms with van der Waals surface area (Å²) >= 11 is 0. The third kappa shape index (κ3) is 5.65. The average molecular weight is 511 g/mol. The van der Waals surface area contributed by atoms with Crippen LogP contribution in [0.15, 0.2) is 24.3 Å². The van der Waals surface area contributed by atoms with Crippen molar-refractivity contribution in [3.8, 4) is 0 Å². The van der Waals surface area contributed by atoms with Gasteiger partial charge in [-0.25, -0.2) is 4.79 Å². The topological polar surface area (TPSA) is 98.8 Å². The van der Waals surface area contributed by atoms with Gasteiger partial charge in [0.15, 0.2) is 0 Å². The van der Waals surface area contributed by atoms with Crippen molar-refractivity contribution >= 4 is 29.4 Å². The van der Waals surface area contributed by atoms with Gasteiger partial charge in [-0.15, -0.1) is 0 Å². The Labute approximate surface area is 208 Å². The molecule has 0 atom stereocenters. The number of carbonyl (C=O) groups is 4. The van der Waals surface area contributed by atoms with E-state index in [1.165, 1.54) is 19.2 Å². The summed E-state index contributed by atoms with van der Waals surface area (Å²) in [4.78, 5) is 52.6. The minimum Gasteiger partial charge on any atom is -0.335 e. The van der Waals surface area contributed by atoms with Crippen molar-refractivity contribution in [3.05, 3.63) is 29.8 Å². The molecule has 36 heavy (non-hydrogen) atoms. The van der Waals surface area contributed by atoms with Gasteiger partial charge in [0.05, 0.1) is 17.8 Å². The van der Waals surface area contributed by atoms with E-state index in [1.807, 2.05) is 0 Å². The molecule has 0 unspecified atom stereocenters. The highest BCUT2D eigenvalue weighted by Crippen LogP contribution is 2.45. The number of benzene rings is 1. The van der Waals surface area contributed by atoms with Crippen LogP contribution in [-0.4, -0.2) is 59.2 Å². The maximum atomic E-state index is 13.2. The summed E-state index contributed by atoms with van der Waals surface area (Å²) in [6.45, 7) is 5.42. The molecule has 2 fully saturated rings. The zero-order valence-corrected chi connectivity index (χ0v) is 21.0. The van der Waals surface area contributed by atoms with Crippen LogP contribution in [0.1, 0.15) is 58.4 Å². The number of hydrogen-bond donors (Lipinski definition) is 2. The summed E-state index contributed by atoms with van der Waals surface area (Å²) in [6, 6.07) is 3.86. The monoisotopic (exact) mass is 510 g/mol. The molecule has 5 amide bonds. The van der Waals surface area contributed by atoms with Crippen molar-refractivity contribution in [2.45, 2.75) is 64.6 Å². The minimum absolute atomic E-state index is 0.132. The number of imide groups is 1. The van der Waals surface area contributed by atoms with Gasteiger partial charge in [0.2, 0.25) is 11.8 Å². The van der Waals surface area contributed by atoms with Crippen LogP contribution < -0.4 is 10.6 Å². The lowest BCUT2D eigenvalue weighted by Crippen LogP contribution is -2.51. The molecule has 2 aliphatic rings. The van der Waals surface area contributed by atoms with Crippen molar-refractivity contribution in [2.75, 3.05) is 25.5 Å². The number of anilines is 1. The Kier molecular flexibility index (Phi) is 7.71. The first kappa shape index (κ1) is 27.5. The highest BCUT2D eigenvalue weighted by molar-refractivity contribution is 6.09. The van der Waals surface area contributed by atoms with Crippen molar-refractivity contribution in [3.63, 3.8) is 0 Å². The molecular formula is C25H33F3N4O4. The van der Waals surface area contributed by atoms with Gasteiger partial charge in [-0.3, -0.25) is 19.3 Å². The van der Waals surface area contributed by atoms with Crippen LogP contribution in [0.5, 0.6) is 0 Å². The molecule has 1 aliphatic heterocycles. The highest BCUT2D eigenvalue weighted by atomic mass is 19.4. The number of alkyl halides is 3. The maximum Gasteiger partial charge on any atom is 0.418 e. The Morgan fingerprint density at radius 1 is 1.17 bits per heavy atom. The molecule has 0 aromatic heterocycles. The fraction of sp³-hybridized carbons (Fsp3) is 0.600. The van der Waals surface area contributed by atoms with Gasteiger partial charge in [-0.05, 0) is 49.1 Å². The second kappa shape index (κ2) is 10.1. The zero-order chi connectivity index (χ0) is 26.9. The molecule has 8 nitrogen and oxygen atoms in total. The van der Waals surface area contributed by atoms with Gasteiger partial charge in [-0.2, -0.15) is 13.2 Å². The Balaban J connectivity index is 1.58. The Hall–Kier alpha value is -3.11. The van der Waals surface area contributed by atoms with Crippen LogP contribution in [0, 0.1) is 11.3 Å². The number of nitrogens with one attached hydrogen (secondary N) is 2. The quantitative estimate of drug-likeness (QED) is 0.542. The van der Waals surface area contributed by atoms with Crippen molar-refractivity contribution in [1.29, 1.82) is 0 Å². The SMILES string of the molecule is CCC(C)(C)C1CCC2(CC1)NC(=O)N(CC(=O)N(C)CC(=O)Nc1ccccc1C(F)(F)F)C2=O. The van der Waals surface area contributed by atoms with E-state index in [0.717, 1.165) is 41.2 Å². The normalized spacial score (nSPS) is 22.5. The zero-order valence-electron chi connectivity index (χ0n) is 21.0. The van der Waals surface area contributed by atoms with Crippen molar-refractivity contribution in [2.24, 2.45) is 11.3 Å². The lowest BCUT2D eigenvalue weighted by atomic mass is 9.65. The number of rotatable bonds is 7. The predicted molar refractivity (Wildman–Crippen MR) is 127 cm³/mol. The summed E-state index contributed by atoms with van der Waals surface area (Å²) in [5.74, 6) is -1.55. The van der Waals surface area contributed by atoms with E-state index in [9.17, 15) is 32.3 Å². The van der Waals surface area contributed by atoms with Crippen molar-refractivity contribution < 1.29 is 32.3 Å². The number of urea groups is 1. The molecule has 1 aliphatic carbocycles. The molecule has 0 bridgehead atoms.